The van der Waals surface area contributed by atoms with Crippen LogP contribution in [0.5, 0.6) is 0 Å². The van der Waals surface area contributed by atoms with E-state index in [1.165, 1.54) is 4.90 Å². The van der Waals surface area contributed by atoms with Crippen LogP contribution in [0.1, 0.15) is 31.9 Å². The molecule has 0 aliphatic carbocycles. The van der Waals surface area contributed by atoms with Crippen LogP contribution >= 0.6 is 0 Å². The van der Waals surface area contributed by atoms with Crippen molar-refractivity contribution < 1.29 is 23.8 Å². The van der Waals surface area contributed by atoms with Gasteiger partial charge in [0.2, 0.25) is 0 Å². The molecule has 1 aromatic rings. The minimum atomic E-state index is -0.713. The van der Waals surface area contributed by atoms with E-state index in [1.54, 1.807) is 20.9 Å². The first-order valence-corrected chi connectivity index (χ1v) is 7.34. The highest BCUT2D eigenvalue weighted by Gasteiger charge is 2.19. The maximum Gasteiger partial charge on any atom is 0.508 e. The minimum absolute atomic E-state index is 0.253. The van der Waals surface area contributed by atoms with Crippen molar-refractivity contribution in [3.8, 4) is 0 Å². The first kappa shape index (κ1) is 17.8. The Labute approximate surface area is 131 Å². The van der Waals surface area contributed by atoms with Gasteiger partial charge in [-0.2, -0.15) is 0 Å². The third kappa shape index (κ3) is 6.03. The maximum atomic E-state index is 11.6. The van der Waals surface area contributed by atoms with Crippen molar-refractivity contribution >= 4 is 12.2 Å². The van der Waals surface area contributed by atoms with Gasteiger partial charge in [0.25, 0.3) is 0 Å². The minimum Gasteiger partial charge on any atom is -0.450 e. The summed E-state index contributed by atoms with van der Waals surface area (Å²) in [4.78, 5) is 24.6. The molecule has 0 fully saturated rings. The molecule has 0 saturated carbocycles. The zero-order chi connectivity index (χ0) is 16.4. The second-order valence-corrected chi connectivity index (χ2v) is 4.61. The molecule has 1 aromatic carbocycles. The monoisotopic (exact) mass is 309 g/mol. The number of hydrogen-bond donors (Lipinski definition) is 0. The van der Waals surface area contributed by atoms with Crippen molar-refractivity contribution in [3.63, 3.8) is 0 Å². The van der Waals surface area contributed by atoms with E-state index in [1.807, 2.05) is 30.3 Å². The van der Waals surface area contributed by atoms with E-state index in [2.05, 4.69) is 0 Å². The van der Waals surface area contributed by atoms with E-state index in [0.717, 1.165) is 5.56 Å². The number of carbonyl (C=O) groups excluding carboxylic acids is 2. The smallest absolute Gasteiger partial charge is 0.450 e. The molecule has 6 nitrogen and oxygen atoms in total. The standard InChI is InChI=1S/C16H23NO5/c1-4-20-15(18)17(3)12-11-14(22-16(19)21-5-2)13-9-7-6-8-10-13/h6-10,14H,4-5,11-12H2,1-3H3. The Morgan fingerprint density at radius 3 is 2.32 bits per heavy atom. The van der Waals surface area contributed by atoms with Crippen LogP contribution in [0.25, 0.3) is 0 Å². The number of amides is 1. The van der Waals surface area contributed by atoms with Gasteiger partial charge >= 0.3 is 12.2 Å². The molecule has 1 atom stereocenters. The van der Waals surface area contributed by atoms with E-state index < -0.39 is 18.4 Å². The first-order valence-electron chi connectivity index (χ1n) is 7.34. The molecule has 6 heteroatoms. The number of rotatable bonds is 7. The van der Waals surface area contributed by atoms with Crippen LogP contribution in [0, 0.1) is 0 Å². The van der Waals surface area contributed by atoms with Crippen LogP contribution in [-0.4, -0.2) is 44.0 Å². The van der Waals surface area contributed by atoms with Crippen LogP contribution in [0.4, 0.5) is 9.59 Å². The van der Waals surface area contributed by atoms with Crippen LogP contribution in [0.15, 0.2) is 30.3 Å². The second-order valence-electron chi connectivity index (χ2n) is 4.61. The topological polar surface area (TPSA) is 65.1 Å². The quantitative estimate of drug-likeness (QED) is 0.722. The largest absolute Gasteiger partial charge is 0.508 e. The van der Waals surface area contributed by atoms with Gasteiger partial charge in [0.05, 0.1) is 13.2 Å². The lowest BCUT2D eigenvalue weighted by molar-refractivity contribution is 0.0198. The average Bonchev–Trinajstić information content (AvgIpc) is 2.52. The van der Waals surface area contributed by atoms with Crippen LogP contribution in [0.3, 0.4) is 0 Å². The molecule has 0 aliphatic heterocycles. The van der Waals surface area contributed by atoms with Crippen molar-refractivity contribution in [2.24, 2.45) is 0 Å². The fourth-order valence-electron chi connectivity index (χ4n) is 1.87. The Kier molecular flexibility index (Phi) is 7.81. The molecule has 0 bridgehead atoms. The Morgan fingerprint density at radius 1 is 1.09 bits per heavy atom. The predicted octanol–water partition coefficient (Wildman–Crippen LogP) is 3.38. The molecule has 0 saturated heterocycles. The molecule has 0 heterocycles. The van der Waals surface area contributed by atoms with Crippen molar-refractivity contribution in [2.45, 2.75) is 26.4 Å². The summed E-state index contributed by atoms with van der Waals surface area (Å²) in [6, 6.07) is 9.36. The lowest BCUT2D eigenvalue weighted by Gasteiger charge is -2.21. The van der Waals surface area contributed by atoms with Gasteiger partial charge in [-0.1, -0.05) is 30.3 Å². The predicted molar refractivity (Wildman–Crippen MR) is 81.6 cm³/mol. The summed E-state index contributed by atoms with van der Waals surface area (Å²) in [5.41, 5.74) is 0.854. The van der Waals surface area contributed by atoms with E-state index >= 15 is 0 Å². The second kappa shape index (κ2) is 9.65. The Balaban J connectivity index is 2.66. The molecule has 1 unspecified atom stereocenters. The summed E-state index contributed by atoms with van der Waals surface area (Å²) in [5, 5.41) is 0. The molecule has 0 radical (unpaired) electrons. The Hall–Kier alpha value is -2.24. The molecule has 122 valence electrons. The number of benzene rings is 1. The summed E-state index contributed by atoms with van der Waals surface area (Å²) in [6.07, 6.45) is -1.13. The molecule has 0 spiro atoms. The first-order chi connectivity index (χ1) is 10.6. The molecule has 1 rings (SSSR count). The Morgan fingerprint density at radius 2 is 1.73 bits per heavy atom. The fourth-order valence-corrected chi connectivity index (χ4v) is 1.87. The summed E-state index contributed by atoms with van der Waals surface area (Å²) in [7, 11) is 1.64. The SMILES string of the molecule is CCOC(=O)OC(CCN(C)C(=O)OCC)c1ccccc1. The van der Waals surface area contributed by atoms with Gasteiger partial charge in [-0.25, -0.2) is 9.59 Å². The highest BCUT2D eigenvalue weighted by molar-refractivity contribution is 5.67. The van der Waals surface area contributed by atoms with E-state index in [-0.39, 0.29) is 6.61 Å². The summed E-state index contributed by atoms with van der Waals surface area (Å²) >= 11 is 0. The zero-order valence-electron chi connectivity index (χ0n) is 13.3. The van der Waals surface area contributed by atoms with Crippen LogP contribution in [0.2, 0.25) is 0 Å². The van der Waals surface area contributed by atoms with Crippen molar-refractivity contribution in [1.82, 2.24) is 4.90 Å². The molecule has 0 N–H and O–H groups in total. The van der Waals surface area contributed by atoms with Gasteiger partial charge in [-0.15, -0.1) is 0 Å². The number of nitrogens with zero attached hydrogens (tertiary/aromatic N) is 1. The van der Waals surface area contributed by atoms with Gasteiger partial charge in [-0.3, -0.25) is 0 Å². The van der Waals surface area contributed by atoms with Gasteiger partial charge in [0, 0.05) is 20.0 Å². The zero-order valence-corrected chi connectivity index (χ0v) is 13.3. The highest BCUT2D eigenvalue weighted by atomic mass is 16.7. The van der Waals surface area contributed by atoms with Gasteiger partial charge < -0.3 is 19.1 Å². The lowest BCUT2D eigenvalue weighted by atomic mass is 10.1. The van der Waals surface area contributed by atoms with Crippen molar-refractivity contribution in [3.05, 3.63) is 35.9 Å². The van der Waals surface area contributed by atoms with Crippen molar-refractivity contribution in [1.29, 1.82) is 0 Å². The molecule has 22 heavy (non-hydrogen) atoms. The molecular formula is C16H23NO5. The van der Waals surface area contributed by atoms with E-state index in [4.69, 9.17) is 14.2 Å². The summed E-state index contributed by atoms with van der Waals surface area (Å²) in [6.45, 7) is 4.45. The molecule has 0 aliphatic rings. The van der Waals surface area contributed by atoms with Crippen molar-refractivity contribution in [2.75, 3.05) is 26.8 Å². The van der Waals surface area contributed by atoms with E-state index in [9.17, 15) is 9.59 Å². The average molecular weight is 309 g/mol. The lowest BCUT2D eigenvalue weighted by Crippen LogP contribution is -2.30. The van der Waals surface area contributed by atoms with Crippen LogP contribution in [-0.2, 0) is 14.2 Å². The third-order valence-corrected chi connectivity index (χ3v) is 2.98. The molecule has 1 amide bonds. The normalized spacial score (nSPS) is 11.4. The van der Waals surface area contributed by atoms with Gasteiger partial charge in [-0.05, 0) is 19.4 Å². The maximum absolute atomic E-state index is 11.6. The van der Waals surface area contributed by atoms with Gasteiger partial charge in [0.1, 0.15) is 6.10 Å². The van der Waals surface area contributed by atoms with Crippen LogP contribution < -0.4 is 0 Å². The van der Waals surface area contributed by atoms with Gasteiger partial charge in [0.15, 0.2) is 0 Å². The summed E-state index contributed by atoms with van der Waals surface area (Å²) < 4.78 is 15.1. The van der Waals surface area contributed by atoms with E-state index in [0.29, 0.717) is 19.6 Å². The number of carbonyl (C=O) groups is 2. The number of ether oxygens (including phenoxy) is 3. The molecular weight excluding hydrogens is 286 g/mol. The summed E-state index contributed by atoms with van der Waals surface area (Å²) in [5.74, 6) is 0. The molecule has 0 aromatic heterocycles. The Bertz CT molecular complexity index is 463. The number of hydrogen-bond acceptors (Lipinski definition) is 5. The third-order valence-electron chi connectivity index (χ3n) is 2.98. The fraction of sp³-hybridized carbons (Fsp3) is 0.500. The highest BCUT2D eigenvalue weighted by Crippen LogP contribution is 2.22.